The molecule has 1 amide bonds. The summed E-state index contributed by atoms with van der Waals surface area (Å²) in [4.78, 5) is 11.7. The third kappa shape index (κ3) is 3.02. The molecule has 2 rings (SSSR count). The van der Waals surface area contributed by atoms with Crippen molar-refractivity contribution in [1.29, 1.82) is 0 Å². The lowest BCUT2D eigenvalue weighted by atomic mass is 10.1. The van der Waals surface area contributed by atoms with Gasteiger partial charge < -0.3 is 20.2 Å². The number of furan rings is 1. The smallest absolute Gasteiger partial charge is 0.287 e. The molecule has 1 fully saturated rings. The number of rotatable bonds is 4. The molecule has 0 aliphatic carbocycles. The van der Waals surface area contributed by atoms with Crippen LogP contribution in [0.2, 0.25) is 0 Å². The molecule has 5 nitrogen and oxygen atoms in total. The lowest BCUT2D eigenvalue weighted by Gasteiger charge is -2.13. The molecule has 3 N–H and O–H groups in total. The van der Waals surface area contributed by atoms with E-state index >= 15 is 0 Å². The van der Waals surface area contributed by atoms with Gasteiger partial charge >= 0.3 is 0 Å². The van der Waals surface area contributed by atoms with E-state index in [2.05, 4.69) is 10.6 Å². The van der Waals surface area contributed by atoms with Crippen LogP contribution in [-0.2, 0) is 0 Å². The van der Waals surface area contributed by atoms with Crippen LogP contribution in [0, 0.1) is 5.92 Å². The molecular formula is C11H16N2O3S. The highest BCUT2D eigenvalue weighted by Crippen LogP contribution is 2.18. The highest BCUT2D eigenvalue weighted by molar-refractivity contribution is 7.98. The van der Waals surface area contributed by atoms with Crippen LogP contribution in [-0.4, -0.2) is 43.0 Å². The number of amides is 1. The molecule has 2 heterocycles. The number of nitrogens with one attached hydrogen (secondary N) is 2. The zero-order valence-corrected chi connectivity index (χ0v) is 10.4. The lowest BCUT2D eigenvalue weighted by Crippen LogP contribution is -2.34. The van der Waals surface area contributed by atoms with Crippen LogP contribution in [0.25, 0.3) is 0 Å². The van der Waals surface area contributed by atoms with Crippen LogP contribution in [0.5, 0.6) is 0 Å². The Hall–Kier alpha value is -0.980. The standard InChI is InChI=1S/C11H16N2O3S/c1-17-10-3-2-9(16-10)11(15)13-5-7-4-12-6-8(7)14/h2-3,7-8,12,14H,4-6H2,1H3,(H,13,15). The molecule has 0 saturated carbocycles. The van der Waals surface area contributed by atoms with Gasteiger partial charge in [-0.05, 0) is 18.4 Å². The monoisotopic (exact) mass is 256 g/mol. The number of hydrogen-bond acceptors (Lipinski definition) is 5. The van der Waals surface area contributed by atoms with Crippen LogP contribution in [0.1, 0.15) is 10.6 Å². The molecule has 0 spiro atoms. The fraction of sp³-hybridized carbons (Fsp3) is 0.545. The molecule has 0 bridgehead atoms. The minimum Gasteiger partial charge on any atom is -0.445 e. The minimum atomic E-state index is -0.381. The van der Waals surface area contributed by atoms with Crippen molar-refractivity contribution in [3.05, 3.63) is 17.9 Å². The summed E-state index contributed by atoms with van der Waals surface area (Å²) in [6, 6.07) is 3.43. The zero-order valence-electron chi connectivity index (χ0n) is 9.60. The molecule has 17 heavy (non-hydrogen) atoms. The van der Waals surface area contributed by atoms with Crippen LogP contribution < -0.4 is 10.6 Å². The van der Waals surface area contributed by atoms with Crippen molar-refractivity contribution in [2.75, 3.05) is 25.9 Å². The molecule has 1 aromatic rings. The van der Waals surface area contributed by atoms with Gasteiger partial charge in [0.15, 0.2) is 10.9 Å². The van der Waals surface area contributed by atoms with Gasteiger partial charge in [0.05, 0.1) is 6.10 Å². The quantitative estimate of drug-likeness (QED) is 0.676. The average Bonchev–Trinajstić information content (AvgIpc) is 2.94. The maximum Gasteiger partial charge on any atom is 0.287 e. The second kappa shape index (κ2) is 5.57. The van der Waals surface area contributed by atoms with Gasteiger partial charge in [0, 0.05) is 25.6 Å². The summed E-state index contributed by atoms with van der Waals surface area (Å²) < 4.78 is 5.31. The summed E-state index contributed by atoms with van der Waals surface area (Å²) in [5.41, 5.74) is 0. The molecule has 1 aliphatic rings. The summed E-state index contributed by atoms with van der Waals surface area (Å²) >= 11 is 1.45. The molecule has 1 aromatic heterocycles. The Morgan fingerprint density at radius 2 is 2.47 bits per heavy atom. The lowest BCUT2D eigenvalue weighted by molar-refractivity contribution is 0.0895. The van der Waals surface area contributed by atoms with E-state index < -0.39 is 0 Å². The van der Waals surface area contributed by atoms with E-state index in [0.29, 0.717) is 18.8 Å². The SMILES string of the molecule is CSc1ccc(C(=O)NCC2CNCC2O)o1. The number of aliphatic hydroxyl groups is 1. The van der Waals surface area contributed by atoms with E-state index in [1.165, 1.54) is 11.8 Å². The van der Waals surface area contributed by atoms with E-state index in [-0.39, 0.29) is 17.9 Å². The van der Waals surface area contributed by atoms with Gasteiger partial charge in [-0.25, -0.2) is 0 Å². The number of hydrogen-bond donors (Lipinski definition) is 3. The Morgan fingerprint density at radius 3 is 3.06 bits per heavy atom. The van der Waals surface area contributed by atoms with E-state index in [4.69, 9.17) is 4.42 Å². The van der Waals surface area contributed by atoms with Crippen molar-refractivity contribution in [3.63, 3.8) is 0 Å². The van der Waals surface area contributed by atoms with E-state index in [1.807, 2.05) is 6.26 Å². The highest BCUT2D eigenvalue weighted by atomic mass is 32.2. The number of thioether (sulfide) groups is 1. The summed E-state index contributed by atoms with van der Waals surface area (Å²) in [6.07, 6.45) is 1.51. The average molecular weight is 256 g/mol. The van der Waals surface area contributed by atoms with E-state index in [0.717, 1.165) is 11.6 Å². The number of carbonyl (C=O) groups is 1. The Kier molecular flexibility index (Phi) is 4.09. The summed E-state index contributed by atoms with van der Waals surface area (Å²) in [6.45, 7) is 1.79. The first kappa shape index (κ1) is 12.5. The Bertz CT molecular complexity index is 394. The molecule has 6 heteroatoms. The summed E-state index contributed by atoms with van der Waals surface area (Å²) in [5, 5.41) is 16.1. The third-order valence-corrected chi connectivity index (χ3v) is 3.46. The van der Waals surface area contributed by atoms with Crippen molar-refractivity contribution in [2.24, 2.45) is 5.92 Å². The maximum atomic E-state index is 11.7. The molecule has 1 saturated heterocycles. The van der Waals surface area contributed by atoms with Crippen molar-refractivity contribution in [1.82, 2.24) is 10.6 Å². The van der Waals surface area contributed by atoms with Crippen molar-refractivity contribution >= 4 is 17.7 Å². The van der Waals surface area contributed by atoms with Crippen LogP contribution in [0.15, 0.2) is 21.6 Å². The first-order chi connectivity index (χ1) is 8.20. The minimum absolute atomic E-state index is 0.0777. The number of aliphatic hydroxyl groups excluding tert-OH is 1. The molecule has 1 aliphatic heterocycles. The van der Waals surface area contributed by atoms with Gasteiger partial charge in [-0.15, -0.1) is 0 Å². The first-order valence-corrected chi connectivity index (χ1v) is 6.74. The second-order valence-corrected chi connectivity index (χ2v) is 4.83. The fourth-order valence-corrected chi connectivity index (χ4v) is 2.17. The van der Waals surface area contributed by atoms with Gasteiger partial charge in [0.1, 0.15) is 0 Å². The largest absolute Gasteiger partial charge is 0.445 e. The van der Waals surface area contributed by atoms with Gasteiger partial charge in [0.2, 0.25) is 0 Å². The van der Waals surface area contributed by atoms with E-state index in [9.17, 15) is 9.90 Å². The Balaban J connectivity index is 1.84. The van der Waals surface area contributed by atoms with E-state index in [1.54, 1.807) is 12.1 Å². The van der Waals surface area contributed by atoms with Gasteiger partial charge in [-0.2, -0.15) is 0 Å². The van der Waals surface area contributed by atoms with Crippen molar-refractivity contribution < 1.29 is 14.3 Å². The fourth-order valence-electron chi connectivity index (χ4n) is 1.79. The predicted octanol–water partition coefficient (Wildman–Crippen LogP) is 0.312. The third-order valence-electron chi connectivity index (χ3n) is 2.84. The molecule has 94 valence electrons. The highest BCUT2D eigenvalue weighted by Gasteiger charge is 2.25. The topological polar surface area (TPSA) is 74.5 Å². The van der Waals surface area contributed by atoms with Crippen molar-refractivity contribution in [3.8, 4) is 0 Å². The molecule has 0 aromatic carbocycles. The first-order valence-electron chi connectivity index (χ1n) is 5.51. The predicted molar refractivity (Wildman–Crippen MR) is 65.2 cm³/mol. The zero-order chi connectivity index (χ0) is 12.3. The molecule has 2 unspecified atom stereocenters. The summed E-state index contributed by atoms with van der Waals surface area (Å²) in [5.74, 6) is 0.160. The number of β-amino-alcohol motifs (C(OH)–C–C–N with tert-alkyl or cyclic N) is 1. The van der Waals surface area contributed by atoms with Gasteiger partial charge in [-0.1, -0.05) is 11.8 Å². The Morgan fingerprint density at radius 1 is 1.65 bits per heavy atom. The van der Waals surface area contributed by atoms with Gasteiger partial charge in [0.25, 0.3) is 5.91 Å². The molecule has 0 radical (unpaired) electrons. The second-order valence-electron chi connectivity index (χ2n) is 4.02. The normalized spacial score (nSPS) is 23.9. The number of carbonyl (C=O) groups excluding carboxylic acids is 1. The molecular weight excluding hydrogens is 240 g/mol. The Labute approximate surface area is 104 Å². The van der Waals surface area contributed by atoms with Crippen LogP contribution in [0.4, 0.5) is 0 Å². The van der Waals surface area contributed by atoms with Crippen molar-refractivity contribution in [2.45, 2.75) is 11.2 Å². The van der Waals surface area contributed by atoms with Crippen LogP contribution >= 0.6 is 11.8 Å². The van der Waals surface area contributed by atoms with Crippen LogP contribution in [0.3, 0.4) is 0 Å². The summed E-state index contributed by atoms with van der Waals surface area (Å²) in [7, 11) is 0. The maximum absolute atomic E-state index is 11.7. The van der Waals surface area contributed by atoms with Gasteiger partial charge in [-0.3, -0.25) is 4.79 Å². The molecule has 2 atom stereocenters.